The van der Waals surface area contributed by atoms with Crippen LogP contribution in [0.4, 0.5) is 0 Å². The molecule has 0 bridgehead atoms. The zero-order chi connectivity index (χ0) is 14.5. The van der Waals surface area contributed by atoms with E-state index in [0.717, 1.165) is 21.5 Å². The number of likely N-dealkylation sites (N-methyl/N-ethyl adjacent to an activating group) is 1. The molecule has 0 aliphatic carbocycles. The molecule has 1 aromatic rings. The van der Waals surface area contributed by atoms with Crippen LogP contribution in [-0.4, -0.2) is 60.9 Å². The van der Waals surface area contributed by atoms with E-state index in [4.69, 9.17) is 0 Å². The van der Waals surface area contributed by atoms with Crippen LogP contribution in [0.1, 0.15) is 17.3 Å². The van der Waals surface area contributed by atoms with Crippen molar-refractivity contribution in [3.8, 4) is 0 Å². The smallest absolute Gasteiger partial charge is 0.254 e. The Morgan fingerprint density at radius 3 is 2.60 bits per heavy atom. The average molecular weight is 407 g/mol. The van der Waals surface area contributed by atoms with Crippen molar-refractivity contribution in [1.82, 2.24) is 15.1 Å². The van der Waals surface area contributed by atoms with Gasteiger partial charge in [0, 0.05) is 38.1 Å². The van der Waals surface area contributed by atoms with Crippen LogP contribution in [0.5, 0.6) is 0 Å². The van der Waals surface area contributed by atoms with Gasteiger partial charge in [-0.2, -0.15) is 0 Å². The summed E-state index contributed by atoms with van der Waals surface area (Å²) < 4.78 is 1.13. The molecule has 20 heavy (non-hydrogen) atoms. The molecule has 1 aliphatic rings. The number of piperazine rings is 1. The van der Waals surface area contributed by atoms with E-state index >= 15 is 0 Å². The number of amides is 2. The molecular weight excluding hydrogens is 389 g/mol. The standard InChI is InChI=1S/C13H18IN3O2S/c1-2-15-12(18)8-16-3-5-17(6-4-16)13(19)10-7-11(14)20-9-10/h7,9H,2-6,8H2,1H3,(H,15,18). The second-order valence-corrected chi connectivity index (χ2v) is 7.47. The first kappa shape index (κ1) is 15.7. The summed E-state index contributed by atoms with van der Waals surface area (Å²) in [5.41, 5.74) is 0.775. The lowest BCUT2D eigenvalue weighted by Crippen LogP contribution is -2.51. The molecular formula is C13H18IN3O2S. The number of carbonyl (C=O) groups is 2. The summed E-state index contributed by atoms with van der Waals surface area (Å²) in [4.78, 5) is 27.8. The number of halogens is 1. The lowest BCUT2D eigenvalue weighted by molar-refractivity contribution is -0.122. The van der Waals surface area contributed by atoms with E-state index in [9.17, 15) is 9.59 Å². The third-order valence-electron chi connectivity index (χ3n) is 3.22. The summed E-state index contributed by atoms with van der Waals surface area (Å²) in [7, 11) is 0. The van der Waals surface area contributed by atoms with Crippen LogP contribution in [0.25, 0.3) is 0 Å². The molecule has 2 heterocycles. The molecule has 1 fully saturated rings. The molecule has 1 N–H and O–H groups in total. The summed E-state index contributed by atoms with van der Waals surface area (Å²) in [5.74, 6) is 0.154. The summed E-state index contributed by atoms with van der Waals surface area (Å²) in [6.45, 7) is 5.88. The topological polar surface area (TPSA) is 52.7 Å². The fraction of sp³-hybridized carbons (Fsp3) is 0.538. The van der Waals surface area contributed by atoms with Gasteiger partial charge in [0.2, 0.25) is 5.91 Å². The lowest BCUT2D eigenvalue weighted by atomic mass is 10.2. The van der Waals surface area contributed by atoms with Gasteiger partial charge in [0.05, 0.1) is 15.0 Å². The molecule has 1 aromatic heterocycles. The normalized spacial score (nSPS) is 16.2. The number of nitrogens with zero attached hydrogens (tertiary/aromatic N) is 2. The Morgan fingerprint density at radius 2 is 2.05 bits per heavy atom. The van der Waals surface area contributed by atoms with Crippen molar-refractivity contribution >= 4 is 45.7 Å². The summed E-state index contributed by atoms with van der Waals surface area (Å²) in [6.07, 6.45) is 0. The van der Waals surface area contributed by atoms with E-state index in [1.54, 1.807) is 11.3 Å². The number of hydrogen-bond donors (Lipinski definition) is 1. The Bertz CT molecular complexity index is 484. The molecule has 1 aliphatic heterocycles. The number of rotatable bonds is 4. The predicted octanol–water partition coefficient (Wildman–Crippen LogP) is 1.25. The fourth-order valence-corrected chi connectivity index (χ4v) is 3.49. The minimum Gasteiger partial charge on any atom is -0.355 e. The summed E-state index contributed by atoms with van der Waals surface area (Å²) in [6, 6.07) is 1.93. The van der Waals surface area contributed by atoms with Crippen LogP contribution in [0.2, 0.25) is 0 Å². The summed E-state index contributed by atoms with van der Waals surface area (Å²) in [5, 5.41) is 4.70. The molecule has 7 heteroatoms. The van der Waals surface area contributed by atoms with E-state index in [1.807, 2.05) is 23.3 Å². The Hall–Kier alpha value is -0.670. The first-order chi connectivity index (χ1) is 9.60. The van der Waals surface area contributed by atoms with Crippen molar-refractivity contribution in [2.24, 2.45) is 0 Å². The highest BCUT2D eigenvalue weighted by atomic mass is 127. The second kappa shape index (κ2) is 7.37. The van der Waals surface area contributed by atoms with Crippen molar-refractivity contribution in [1.29, 1.82) is 0 Å². The maximum atomic E-state index is 12.3. The van der Waals surface area contributed by atoms with Crippen molar-refractivity contribution in [3.63, 3.8) is 0 Å². The van der Waals surface area contributed by atoms with E-state index in [-0.39, 0.29) is 11.8 Å². The molecule has 2 amide bonds. The predicted molar refractivity (Wildman–Crippen MR) is 88.1 cm³/mol. The molecule has 0 spiro atoms. The van der Waals surface area contributed by atoms with Crippen LogP contribution >= 0.6 is 33.9 Å². The zero-order valence-corrected chi connectivity index (χ0v) is 14.4. The number of hydrogen-bond acceptors (Lipinski definition) is 4. The van der Waals surface area contributed by atoms with Crippen LogP contribution < -0.4 is 5.32 Å². The van der Waals surface area contributed by atoms with Crippen molar-refractivity contribution in [2.75, 3.05) is 39.3 Å². The quantitative estimate of drug-likeness (QED) is 0.765. The molecule has 110 valence electrons. The van der Waals surface area contributed by atoms with E-state index < -0.39 is 0 Å². The highest BCUT2D eigenvalue weighted by Crippen LogP contribution is 2.18. The Balaban J connectivity index is 1.82. The fourth-order valence-electron chi connectivity index (χ4n) is 2.17. The van der Waals surface area contributed by atoms with Crippen LogP contribution in [0.3, 0.4) is 0 Å². The number of carbonyl (C=O) groups excluding carboxylic acids is 2. The monoisotopic (exact) mass is 407 g/mol. The lowest BCUT2D eigenvalue weighted by Gasteiger charge is -2.34. The molecule has 0 unspecified atom stereocenters. The van der Waals surface area contributed by atoms with Crippen molar-refractivity contribution in [3.05, 3.63) is 19.9 Å². The molecule has 0 atom stereocenters. The van der Waals surface area contributed by atoms with Crippen LogP contribution in [-0.2, 0) is 4.79 Å². The minimum absolute atomic E-state index is 0.0552. The third kappa shape index (κ3) is 4.16. The minimum atomic E-state index is 0.0552. The highest BCUT2D eigenvalue weighted by molar-refractivity contribution is 14.1. The van der Waals surface area contributed by atoms with Gasteiger partial charge in [-0.05, 0) is 35.6 Å². The molecule has 0 saturated carbocycles. The molecule has 1 saturated heterocycles. The van der Waals surface area contributed by atoms with E-state index in [0.29, 0.717) is 26.2 Å². The third-order valence-corrected chi connectivity index (χ3v) is 5.00. The van der Waals surface area contributed by atoms with Gasteiger partial charge in [-0.1, -0.05) is 0 Å². The van der Waals surface area contributed by atoms with Crippen molar-refractivity contribution in [2.45, 2.75) is 6.92 Å². The number of nitrogens with one attached hydrogen (secondary N) is 1. The van der Waals surface area contributed by atoms with Gasteiger partial charge in [-0.25, -0.2) is 0 Å². The Kier molecular flexibility index (Phi) is 5.79. The zero-order valence-electron chi connectivity index (χ0n) is 11.4. The SMILES string of the molecule is CCNC(=O)CN1CCN(C(=O)c2csc(I)c2)CC1. The molecule has 0 aromatic carbocycles. The van der Waals surface area contributed by atoms with E-state index in [2.05, 4.69) is 32.8 Å². The molecule has 5 nitrogen and oxygen atoms in total. The Labute approximate surface area is 136 Å². The van der Waals surface area contributed by atoms with Gasteiger partial charge in [-0.15, -0.1) is 11.3 Å². The molecule has 2 rings (SSSR count). The summed E-state index contributed by atoms with van der Waals surface area (Å²) >= 11 is 3.81. The van der Waals surface area contributed by atoms with Crippen molar-refractivity contribution < 1.29 is 9.59 Å². The average Bonchev–Trinajstić information content (AvgIpc) is 2.86. The maximum Gasteiger partial charge on any atom is 0.254 e. The van der Waals surface area contributed by atoms with Gasteiger partial charge in [0.15, 0.2) is 0 Å². The number of thiophene rings is 1. The van der Waals surface area contributed by atoms with Crippen LogP contribution in [0, 0.1) is 2.88 Å². The highest BCUT2D eigenvalue weighted by Gasteiger charge is 2.23. The van der Waals surface area contributed by atoms with Gasteiger partial charge < -0.3 is 10.2 Å². The maximum absolute atomic E-state index is 12.3. The van der Waals surface area contributed by atoms with E-state index in [1.165, 1.54) is 0 Å². The van der Waals surface area contributed by atoms with Gasteiger partial charge in [0.1, 0.15) is 0 Å². The largest absolute Gasteiger partial charge is 0.355 e. The second-order valence-electron chi connectivity index (χ2n) is 4.66. The van der Waals surface area contributed by atoms with Gasteiger partial charge >= 0.3 is 0 Å². The van der Waals surface area contributed by atoms with Gasteiger partial charge in [0.25, 0.3) is 5.91 Å². The van der Waals surface area contributed by atoms with Crippen LogP contribution in [0.15, 0.2) is 11.4 Å². The van der Waals surface area contributed by atoms with Gasteiger partial charge in [-0.3, -0.25) is 14.5 Å². The Morgan fingerprint density at radius 1 is 1.35 bits per heavy atom. The molecule has 0 radical (unpaired) electrons. The first-order valence-corrected chi connectivity index (χ1v) is 8.58. The first-order valence-electron chi connectivity index (χ1n) is 6.62.